The van der Waals surface area contributed by atoms with Crippen LogP contribution in [0.3, 0.4) is 0 Å². The molecule has 2 aliphatic carbocycles. The number of β-amino-alcohol motifs (C(OH)–C–C–N with tert-alkyl or cyclic N) is 1. The van der Waals surface area contributed by atoms with E-state index in [2.05, 4.69) is 11.8 Å². The molecule has 0 amide bonds. The lowest BCUT2D eigenvalue weighted by Crippen LogP contribution is -2.60. The number of nitrogens with zero attached hydrogens (tertiary/aromatic N) is 1. The smallest absolute Gasteiger partial charge is 0.0774 e. The maximum Gasteiger partial charge on any atom is 0.0774 e. The van der Waals surface area contributed by atoms with Gasteiger partial charge in [0.25, 0.3) is 0 Å². The Bertz CT molecular complexity index is 303. The lowest BCUT2D eigenvalue weighted by atomic mass is 9.71. The Kier molecular flexibility index (Phi) is 4.42. The maximum atomic E-state index is 10.8. The van der Waals surface area contributed by atoms with Gasteiger partial charge < -0.3 is 5.11 Å². The molecular weight excluding hydrogens is 246 g/mol. The van der Waals surface area contributed by atoms with E-state index in [1.807, 2.05) is 0 Å². The molecule has 1 aliphatic heterocycles. The number of hydrogen-bond donors (Lipinski definition) is 1. The van der Waals surface area contributed by atoms with Gasteiger partial charge in [0, 0.05) is 19.6 Å². The van der Waals surface area contributed by atoms with E-state index in [9.17, 15) is 5.11 Å². The molecule has 0 unspecified atom stereocenters. The summed E-state index contributed by atoms with van der Waals surface area (Å²) in [6.07, 6.45) is 14.5. The third kappa shape index (κ3) is 3.22. The molecule has 116 valence electrons. The van der Waals surface area contributed by atoms with Gasteiger partial charge >= 0.3 is 0 Å². The van der Waals surface area contributed by atoms with Crippen LogP contribution >= 0.6 is 0 Å². The van der Waals surface area contributed by atoms with Crippen molar-refractivity contribution in [3.05, 3.63) is 0 Å². The van der Waals surface area contributed by atoms with Crippen LogP contribution in [0.5, 0.6) is 0 Å². The topological polar surface area (TPSA) is 23.5 Å². The summed E-state index contributed by atoms with van der Waals surface area (Å²) in [4.78, 5) is 2.55. The number of likely N-dealkylation sites (tertiary alicyclic amines) is 1. The van der Waals surface area contributed by atoms with Gasteiger partial charge in [-0.05, 0) is 49.9 Å². The molecule has 3 fully saturated rings. The van der Waals surface area contributed by atoms with E-state index in [1.165, 1.54) is 70.9 Å². The highest BCUT2D eigenvalue weighted by molar-refractivity contribution is 4.99. The summed E-state index contributed by atoms with van der Waals surface area (Å²) in [5.41, 5.74) is 0.283. The second-order valence-corrected chi connectivity index (χ2v) is 8.14. The average Bonchev–Trinajstić information content (AvgIpc) is 2.65. The Morgan fingerprint density at radius 2 is 1.55 bits per heavy atom. The quantitative estimate of drug-likeness (QED) is 0.845. The molecule has 3 aliphatic rings. The highest BCUT2D eigenvalue weighted by Gasteiger charge is 2.45. The van der Waals surface area contributed by atoms with Crippen LogP contribution in [0.4, 0.5) is 0 Å². The molecule has 2 saturated carbocycles. The van der Waals surface area contributed by atoms with Crippen LogP contribution in [-0.2, 0) is 0 Å². The van der Waals surface area contributed by atoms with Gasteiger partial charge in [-0.1, -0.05) is 39.0 Å². The minimum Gasteiger partial charge on any atom is -0.389 e. The molecule has 1 spiro atoms. The highest BCUT2D eigenvalue weighted by Crippen LogP contribution is 2.44. The van der Waals surface area contributed by atoms with Crippen LogP contribution in [0.1, 0.15) is 77.6 Å². The molecule has 2 heteroatoms. The number of rotatable bonds is 3. The third-order valence-electron chi connectivity index (χ3n) is 6.41. The molecule has 1 N–H and O–H groups in total. The van der Waals surface area contributed by atoms with E-state index in [1.54, 1.807) is 0 Å². The highest BCUT2D eigenvalue weighted by atomic mass is 16.3. The van der Waals surface area contributed by atoms with Gasteiger partial charge in [0.15, 0.2) is 0 Å². The molecule has 0 aromatic rings. The Labute approximate surface area is 124 Å². The summed E-state index contributed by atoms with van der Waals surface area (Å²) in [6, 6.07) is 0. The fourth-order valence-electron chi connectivity index (χ4n) is 5.01. The zero-order valence-electron chi connectivity index (χ0n) is 13.4. The van der Waals surface area contributed by atoms with Crippen molar-refractivity contribution >= 4 is 0 Å². The van der Waals surface area contributed by atoms with Gasteiger partial charge in [-0.3, -0.25) is 4.90 Å². The summed E-state index contributed by atoms with van der Waals surface area (Å²) in [5.74, 6) is 0.875. The van der Waals surface area contributed by atoms with E-state index >= 15 is 0 Å². The van der Waals surface area contributed by atoms with E-state index in [0.717, 1.165) is 25.3 Å². The van der Waals surface area contributed by atoms with E-state index in [-0.39, 0.29) is 5.60 Å². The number of hydrogen-bond acceptors (Lipinski definition) is 2. The second-order valence-electron chi connectivity index (χ2n) is 8.14. The van der Waals surface area contributed by atoms with E-state index in [4.69, 9.17) is 0 Å². The first-order valence-electron chi connectivity index (χ1n) is 9.08. The predicted octanol–water partition coefficient (Wildman–Crippen LogP) is 3.97. The van der Waals surface area contributed by atoms with Crippen LogP contribution in [-0.4, -0.2) is 35.2 Å². The summed E-state index contributed by atoms with van der Waals surface area (Å²) in [5, 5.41) is 10.8. The first-order chi connectivity index (χ1) is 9.63. The molecule has 20 heavy (non-hydrogen) atoms. The van der Waals surface area contributed by atoms with Gasteiger partial charge in [0.1, 0.15) is 0 Å². The minimum atomic E-state index is -0.363. The van der Waals surface area contributed by atoms with Crippen molar-refractivity contribution < 1.29 is 5.11 Å². The van der Waals surface area contributed by atoms with Crippen LogP contribution in [0.15, 0.2) is 0 Å². The van der Waals surface area contributed by atoms with Crippen molar-refractivity contribution in [2.75, 3.05) is 19.6 Å². The zero-order valence-corrected chi connectivity index (χ0v) is 13.4. The average molecular weight is 279 g/mol. The normalized spacial score (nSPS) is 38.4. The molecular formula is C18H33NO. The van der Waals surface area contributed by atoms with Crippen LogP contribution in [0.25, 0.3) is 0 Å². The zero-order chi connectivity index (χ0) is 14.1. The molecule has 0 aromatic carbocycles. The van der Waals surface area contributed by atoms with Gasteiger partial charge in [-0.2, -0.15) is 0 Å². The Hall–Kier alpha value is -0.0800. The second kappa shape index (κ2) is 5.96. The van der Waals surface area contributed by atoms with Crippen LogP contribution in [0, 0.1) is 11.3 Å². The van der Waals surface area contributed by atoms with E-state index < -0.39 is 0 Å². The van der Waals surface area contributed by atoms with Crippen LogP contribution < -0.4 is 0 Å². The fourth-order valence-corrected chi connectivity index (χ4v) is 5.01. The van der Waals surface area contributed by atoms with Crippen molar-refractivity contribution in [1.82, 2.24) is 4.90 Å². The molecule has 0 radical (unpaired) electrons. The standard InChI is InChI=1S/C18H33NO/c1-2-16-7-11-18(20,12-8-16)15-19-13-17(14-19)9-5-3-4-6-10-17/h16,20H,2-15H2,1H3. The molecule has 1 heterocycles. The molecule has 0 aromatic heterocycles. The van der Waals surface area contributed by atoms with Gasteiger partial charge in [0.2, 0.25) is 0 Å². The van der Waals surface area contributed by atoms with Crippen molar-refractivity contribution in [3.63, 3.8) is 0 Å². The molecule has 0 atom stereocenters. The summed E-state index contributed by atoms with van der Waals surface area (Å²) in [7, 11) is 0. The predicted molar refractivity (Wildman–Crippen MR) is 83.8 cm³/mol. The van der Waals surface area contributed by atoms with E-state index in [0.29, 0.717) is 5.41 Å². The Morgan fingerprint density at radius 1 is 0.950 bits per heavy atom. The summed E-state index contributed by atoms with van der Waals surface area (Å²) >= 11 is 0. The largest absolute Gasteiger partial charge is 0.389 e. The SMILES string of the molecule is CCC1CCC(O)(CN2CC3(CCCCCC3)C2)CC1. The Morgan fingerprint density at radius 3 is 2.10 bits per heavy atom. The molecule has 2 nitrogen and oxygen atoms in total. The Balaban J connectivity index is 1.46. The minimum absolute atomic E-state index is 0.363. The summed E-state index contributed by atoms with van der Waals surface area (Å²) in [6.45, 7) is 5.78. The lowest BCUT2D eigenvalue weighted by Gasteiger charge is -2.53. The van der Waals surface area contributed by atoms with Gasteiger partial charge in [-0.15, -0.1) is 0 Å². The monoisotopic (exact) mass is 279 g/mol. The fraction of sp³-hybridized carbons (Fsp3) is 1.00. The summed E-state index contributed by atoms with van der Waals surface area (Å²) < 4.78 is 0. The first-order valence-corrected chi connectivity index (χ1v) is 9.08. The van der Waals surface area contributed by atoms with Crippen molar-refractivity contribution in [2.24, 2.45) is 11.3 Å². The van der Waals surface area contributed by atoms with Crippen molar-refractivity contribution in [1.29, 1.82) is 0 Å². The molecule has 3 rings (SSSR count). The maximum absolute atomic E-state index is 10.8. The number of aliphatic hydroxyl groups is 1. The molecule has 0 bridgehead atoms. The molecule has 1 saturated heterocycles. The van der Waals surface area contributed by atoms with Gasteiger partial charge in [-0.25, -0.2) is 0 Å². The third-order valence-corrected chi connectivity index (χ3v) is 6.41. The first kappa shape index (κ1) is 14.8. The van der Waals surface area contributed by atoms with Crippen molar-refractivity contribution in [3.8, 4) is 0 Å². The van der Waals surface area contributed by atoms with Gasteiger partial charge in [0.05, 0.1) is 5.60 Å². The lowest BCUT2D eigenvalue weighted by molar-refractivity contribution is -0.0918. The van der Waals surface area contributed by atoms with Crippen molar-refractivity contribution in [2.45, 2.75) is 83.2 Å². The van der Waals surface area contributed by atoms with Crippen LogP contribution in [0.2, 0.25) is 0 Å².